The van der Waals surface area contributed by atoms with Gasteiger partial charge in [-0.2, -0.15) is 10.5 Å². The predicted molar refractivity (Wildman–Crippen MR) is 68.0 cm³/mol. The van der Waals surface area contributed by atoms with Gasteiger partial charge in [0.05, 0.1) is 22.2 Å². The van der Waals surface area contributed by atoms with Crippen LogP contribution in [0.5, 0.6) is 5.75 Å². The number of rotatable bonds is 1. The molecule has 86 valence electrons. The summed E-state index contributed by atoms with van der Waals surface area (Å²) in [4.78, 5) is 0. The molecule has 0 unspecified atom stereocenters. The summed E-state index contributed by atoms with van der Waals surface area (Å²) in [6, 6.07) is 13.5. The number of nitrogens with zero attached hydrogens (tertiary/aromatic N) is 2. The first-order chi connectivity index (χ1) is 8.63. The second-order valence-electron chi connectivity index (χ2n) is 3.69. The van der Waals surface area contributed by atoms with Crippen LogP contribution in [0.25, 0.3) is 11.1 Å². The Morgan fingerprint density at radius 2 is 1.72 bits per heavy atom. The average molecular weight is 255 g/mol. The van der Waals surface area contributed by atoms with Crippen molar-refractivity contribution in [2.45, 2.75) is 0 Å². The van der Waals surface area contributed by atoms with Gasteiger partial charge in [0.2, 0.25) is 0 Å². The standard InChI is InChI=1S/C14H7ClN2O/c15-14-2-1-10(5-12(14)8-17)11-3-9(7-16)4-13(18)6-11/h1-6,18H. The van der Waals surface area contributed by atoms with Crippen molar-refractivity contribution in [2.75, 3.05) is 0 Å². The van der Waals surface area contributed by atoms with Gasteiger partial charge in [-0.05, 0) is 41.5 Å². The predicted octanol–water partition coefficient (Wildman–Crippen LogP) is 3.46. The molecule has 4 heteroatoms. The molecule has 2 aromatic rings. The molecule has 0 fully saturated rings. The first-order valence-corrected chi connectivity index (χ1v) is 5.46. The summed E-state index contributed by atoms with van der Waals surface area (Å²) in [7, 11) is 0. The summed E-state index contributed by atoms with van der Waals surface area (Å²) in [6.45, 7) is 0. The molecule has 0 heterocycles. The fraction of sp³-hybridized carbons (Fsp3) is 0. The molecule has 2 aromatic carbocycles. The van der Waals surface area contributed by atoms with Crippen LogP contribution >= 0.6 is 11.6 Å². The number of hydrogen-bond donors (Lipinski definition) is 1. The molecular formula is C14H7ClN2O. The number of nitriles is 2. The summed E-state index contributed by atoms with van der Waals surface area (Å²) in [5.41, 5.74) is 2.11. The maximum Gasteiger partial charge on any atom is 0.117 e. The van der Waals surface area contributed by atoms with Crippen molar-refractivity contribution in [3.05, 3.63) is 52.5 Å². The fourth-order valence-corrected chi connectivity index (χ4v) is 1.79. The minimum Gasteiger partial charge on any atom is -0.508 e. The Bertz CT molecular complexity index is 696. The molecular weight excluding hydrogens is 248 g/mol. The molecule has 0 saturated carbocycles. The molecule has 0 aromatic heterocycles. The van der Waals surface area contributed by atoms with Gasteiger partial charge in [-0.3, -0.25) is 0 Å². The van der Waals surface area contributed by atoms with Gasteiger partial charge in [-0.1, -0.05) is 17.7 Å². The third kappa shape index (κ3) is 2.27. The van der Waals surface area contributed by atoms with Crippen molar-refractivity contribution < 1.29 is 5.11 Å². The van der Waals surface area contributed by atoms with E-state index in [-0.39, 0.29) is 5.75 Å². The Hall–Kier alpha value is -2.49. The van der Waals surface area contributed by atoms with Gasteiger partial charge in [-0.25, -0.2) is 0 Å². The molecule has 0 bridgehead atoms. The van der Waals surface area contributed by atoms with Crippen molar-refractivity contribution in [3.63, 3.8) is 0 Å². The van der Waals surface area contributed by atoms with Gasteiger partial charge < -0.3 is 5.11 Å². The van der Waals surface area contributed by atoms with Crippen molar-refractivity contribution in [3.8, 4) is 29.0 Å². The Kier molecular flexibility index (Phi) is 3.19. The first kappa shape index (κ1) is 12.0. The lowest BCUT2D eigenvalue weighted by molar-refractivity contribution is 0.475. The van der Waals surface area contributed by atoms with Crippen LogP contribution in [-0.4, -0.2) is 5.11 Å². The number of phenolic OH excluding ortho intramolecular Hbond substituents is 1. The number of hydrogen-bond acceptors (Lipinski definition) is 3. The molecule has 0 atom stereocenters. The van der Waals surface area contributed by atoms with Gasteiger partial charge in [0, 0.05) is 0 Å². The highest BCUT2D eigenvalue weighted by Gasteiger charge is 2.06. The van der Waals surface area contributed by atoms with E-state index in [0.29, 0.717) is 21.7 Å². The zero-order valence-corrected chi connectivity index (χ0v) is 9.94. The SMILES string of the molecule is N#Cc1cc(O)cc(-c2ccc(Cl)c(C#N)c2)c1. The summed E-state index contributed by atoms with van der Waals surface area (Å²) < 4.78 is 0. The van der Waals surface area contributed by atoms with E-state index < -0.39 is 0 Å². The maximum absolute atomic E-state index is 9.53. The maximum atomic E-state index is 9.53. The van der Waals surface area contributed by atoms with E-state index >= 15 is 0 Å². The van der Waals surface area contributed by atoms with Crippen LogP contribution < -0.4 is 0 Å². The van der Waals surface area contributed by atoms with Crippen LogP contribution in [0.4, 0.5) is 0 Å². The second kappa shape index (κ2) is 4.79. The quantitative estimate of drug-likeness (QED) is 0.847. The van der Waals surface area contributed by atoms with Crippen LogP contribution in [0.3, 0.4) is 0 Å². The lowest BCUT2D eigenvalue weighted by atomic mass is 10.0. The Balaban J connectivity index is 2.60. The van der Waals surface area contributed by atoms with E-state index in [9.17, 15) is 5.11 Å². The van der Waals surface area contributed by atoms with E-state index in [0.717, 1.165) is 5.56 Å². The van der Waals surface area contributed by atoms with E-state index in [1.807, 2.05) is 12.1 Å². The van der Waals surface area contributed by atoms with Gasteiger partial charge in [0.1, 0.15) is 11.8 Å². The van der Waals surface area contributed by atoms with Gasteiger partial charge in [0.15, 0.2) is 0 Å². The zero-order chi connectivity index (χ0) is 13.1. The summed E-state index contributed by atoms with van der Waals surface area (Å²) in [5.74, 6) is 0.0116. The molecule has 0 aliphatic heterocycles. The van der Waals surface area contributed by atoms with E-state index in [2.05, 4.69) is 0 Å². The molecule has 0 spiro atoms. The Labute approximate surface area is 109 Å². The summed E-state index contributed by atoms with van der Waals surface area (Å²) >= 11 is 5.85. The van der Waals surface area contributed by atoms with Crippen molar-refractivity contribution >= 4 is 11.6 Å². The third-order valence-electron chi connectivity index (χ3n) is 2.47. The Morgan fingerprint density at radius 3 is 2.39 bits per heavy atom. The van der Waals surface area contributed by atoms with Crippen LogP contribution in [-0.2, 0) is 0 Å². The second-order valence-corrected chi connectivity index (χ2v) is 4.09. The zero-order valence-electron chi connectivity index (χ0n) is 9.18. The monoisotopic (exact) mass is 254 g/mol. The van der Waals surface area contributed by atoms with Crippen LogP contribution in [0.2, 0.25) is 5.02 Å². The highest BCUT2D eigenvalue weighted by atomic mass is 35.5. The lowest BCUT2D eigenvalue weighted by Gasteiger charge is -2.05. The molecule has 1 N–H and O–H groups in total. The highest BCUT2D eigenvalue weighted by Crippen LogP contribution is 2.28. The van der Waals surface area contributed by atoms with Gasteiger partial charge in [0.25, 0.3) is 0 Å². The smallest absolute Gasteiger partial charge is 0.117 e. The minimum absolute atomic E-state index is 0.0116. The third-order valence-corrected chi connectivity index (χ3v) is 2.80. The van der Waals surface area contributed by atoms with Crippen LogP contribution in [0.1, 0.15) is 11.1 Å². The average Bonchev–Trinajstić information content (AvgIpc) is 2.38. The topological polar surface area (TPSA) is 67.8 Å². The van der Waals surface area contributed by atoms with Crippen molar-refractivity contribution in [1.82, 2.24) is 0 Å². The Morgan fingerprint density at radius 1 is 0.944 bits per heavy atom. The van der Waals surface area contributed by atoms with Gasteiger partial charge in [-0.15, -0.1) is 0 Å². The number of benzene rings is 2. The molecule has 2 rings (SSSR count). The van der Waals surface area contributed by atoms with E-state index in [1.165, 1.54) is 12.1 Å². The van der Waals surface area contributed by atoms with Crippen molar-refractivity contribution in [1.29, 1.82) is 10.5 Å². The number of aromatic hydroxyl groups is 1. The van der Waals surface area contributed by atoms with Crippen molar-refractivity contribution in [2.24, 2.45) is 0 Å². The fourth-order valence-electron chi connectivity index (χ4n) is 1.63. The molecule has 3 nitrogen and oxygen atoms in total. The van der Waals surface area contributed by atoms with E-state index in [4.69, 9.17) is 22.1 Å². The molecule has 18 heavy (non-hydrogen) atoms. The van der Waals surface area contributed by atoms with Crippen LogP contribution in [0, 0.1) is 22.7 Å². The number of phenols is 1. The molecule has 0 radical (unpaired) electrons. The van der Waals surface area contributed by atoms with E-state index in [1.54, 1.807) is 24.3 Å². The van der Waals surface area contributed by atoms with Gasteiger partial charge >= 0.3 is 0 Å². The number of halogens is 1. The normalized spacial score (nSPS) is 9.50. The largest absolute Gasteiger partial charge is 0.508 e. The summed E-state index contributed by atoms with van der Waals surface area (Å²) in [6.07, 6.45) is 0. The first-order valence-electron chi connectivity index (χ1n) is 5.08. The summed E-state index contributed by atoms with van der Waals surface area (Å²) in [5, 5.41) is 27.7. The molecule has 0 saturated heterocycles. The molecule has 0 amide bonds. The lowest BCUT2D eigenvalue weighted by Crippen LogP contribution is -1.84. The molecule has 0 aliphatic carbocycles. The minimum atomic E-state index is 0.0116. The highest BCUT2D eigenvalue weighted by molar-refractivity contribution is 6.31. The molecule has 0 aliphatic rings. The van der Waals surface area contributed by atoms with Crippen LogP contribution in [0.15, 0.2) is 36.4 Å².